The minimum atomic E-state index is 0.320. The van der Waals surface area contributed by atoms with Crippen LogP contribution in [-0.4, -0.2) is 12.6 Å². The van der Waals surface area contributed by atoms with Crippen molar-refractivity contribution >= 4 is 15.9 Å². The number of rotatable bonds is 6. The topological polar surface area (TPSA) is 21.3 Å². The second kappa shape index (κ2) is 6.27. The fraction of sp³-hybridized carbons (Fsp3) is 0.625. The summed E-state index contributed by atoms with van der Waals surface area (Å²) in [4.78, 5) is 0. The van der Waals surface area contributed by atoms with Gasteiger partial charge in [0.25, 0.3) is 0 Å². The highest BCUT2D eigenvalue weighted by Gasteiger charge is 2.20. The predicted molar refractivity (Wildman–Crippen MR) is 83.6 cm³/mol. The van der Waals surface area contributed by atoms with Crippen LogP contribution < -0.4 is 10.1 Å². The van der Waals surface area contributed by atoms with E-state index in [-0.39, 0.29) is 0 Å². The second-order valence-corrected chi connectivity index (χ2v) is 7.43. The second-order valence-electron chi connectivity index (χ2n) is 6.58. The molecule has 0 unspecified atom stereocenters. The molecule has 2 rings (SSSR count). The van der Waals surface area contributed by atoms with E-state index in [1.807, 2.05) is 0 Å². The minimum absolute atomic E-state index is 0.320. The molecule has 1 fully saturated rings. The first-order valence-electron chi connectivity index (χ1n) is 7.09. The average Bonchev–Trinajstić information content (AvgIpc) is 3.11. The molecule has 0 atom stereocenters. The summed E-state index contributed by atoms with van der Waals surface area (Å²) in [5, 5.41) is 3.52. The van der Waals surface area contributed by atoms with Gasteiger partial charge in [-0.3, -0.25) is 0 Å². The molecule has 0 spiro atoms. The highest BCUT2D eigenvalue weighted by Crippen LogP contribution is 2.28. The maximum Gasteiger partial charge on any atom is 0.133 e. The zero-order chi connectivity index (χ0) is 13.9. The molecule has 2 nitrogen and oxygen atoms in total. The molecular formula is C16H24BrNO. The molecule has 1 aromatic rings. The molecule has 0 saturated heterocycles. The van der Waals surface area contributed by atoms with E-state index in [1.54, 1.807) is 0 Å². The molecule has 0 heterocycles. The van der Waals surface area contributed by atoms with E-state index in [1.165, 1.54) is 18.4 Å². The maximum atomic E-state index is 5.84. The number of benzene rings is 1. The Bertz CT molecular complexity index is 421. The van der Waals surface area contributed by atoms with E-state index in [0.717, 1.165) is 35.8 Å². The van der Waals surface area contributed by atoms with Crippen molar-refractivity contribution < 1.29 is 4.74 Å². The standard InChI is InChI=1S/C16H24BrNO/c1-16(2,3)8-9-19-15-7-4-12(10-14(15)17)11-18-13-5-6-13/h4,7,10,13,18H,5-6,8-9,11H2,1-3H3. The molecule has 3 heteroatoms. The molecule has 19 heavy (non-hydrogen) atoms. The van der Waals surface area contributed by atoms with Crippen LogP contribution >= 0.6 is 15.9 Å². The zero-order valence-corrected chi connectivity index (χ0v) is 13.7. The Kier molecular flexibility index (Phi) is 4.91. The van der Waals surface area contributed by atoms with Crippen LogP contribution in [0.3, 0.4) is 0 Å². The van der Waals surface area contributed by atoms with Gasteiger partial charge >= 0.3 is 0 Å². The zero-order valence-electron chi connectivity index (χ0n) is 12.1. The van der Waals surface area contributed by atoms with Gasteiger partial charge in [-0.2, -0.15) is 0 Å². The van der Waals surface area contributed by atoms with E-state index in [2.05, 4.69) is 60.2 Å². The molecule has 106 valence electrons. The number of nitrogens with one attached hydrogen (secondary N) is 1. The molecule has 1 N–H and O–H groups in total. The summed E-state index contributed by atoms with van der Waals surface area (Å²) in [5.41, 5.74) is 1.63. The summed E-state index contributed by atoms with van der Waals surface area (Å²) in [6.07, 6.45) is 3.72. The Morgan fingerprint density at radius 3 is 2.63 bits per heavy atom. The van der Waals surface area contributed by atoms with E-state index < -0.39 is 0 Å². The summed E-state index contributed by atoms with van der Waals surface area (Å²) in [6.45, 7) is 8.42. The van der Waals surface area contributed by atoms with Gasteiger partial charge in [0.1, 0.15) is 5.75 Å². The average molecular weight is 326 g/mol. The Labute approximate surface area is 125 Å². The van der Waals surface area contributed by atoms with Gasteiger partial charge in [-0.25, -0.2) is 0 Å². The van der Waals surface area contributed by atoms with Gasteiger partial charge < -0.3 is 10.1 Å². The smallest absolute Gasteiger partial charge is 0.133 e. The summed E-state index contributed by atoms with van der Waals surface area (Å²) < 4.78 is 6.89. The number of hydrogen-bond acceptors (Lipinski definition) is 2. The van der Waals surface area contributed by atoms with Crippen LogP contribution in [-0.2, 0) is 6.54 Å². The Morgan fingerprint density at radius 1 is 1.32 bits per heavy atom. The maximum absolute atomic E-state index is 5.84. The fourth-order valence-corrected chi connectivity index (χ4v) is 2.33. The van der Waals surface area contributed by atoms with Crippen LogP contribution in [0, 0.1) is 5.41 Å². The van der Waals surface area contributed by atoms with Gasteiger partial charge in [0.15, 0.2) is 0 Å². The minimum Gasteiger partial charge on any atom is -0.492 e. The molecule has 1 aliphatic carbocycles. The van der Waals surface area contributed by atoms with Gasteiger partial charge in [0.05, 0.1) is 11.1 Å². The monoisotopic (exact) mass is 325 g/mol. The Hall–Kier alpha value is -0.540. The lowest BCUT2D eigenvalue weighted by Crippen LogP contribution is -2.15. The molecule has 0 aliphatic heterocycles. The first-order chi connectivity index (χ1) is 8.94. The van der Waals surface area contributed by atoms with Crippen molar-refractivity contribution in [1.29, 1.82) is 0 Å². The molecule has 0 aromatic heterocycles. The molecule has 1 saturated carbocycles. The van der Waals surface area contributed by atoms with Gasteiger partial charge in [-0.1, -0.05) is 26.8 Å². The van der Waals surface area contributed by atoms with Crippen LogP contribution in [0.15, 0.2) is 22.7 Å². The summed E-state index contributed by atoms with van der Waals surface area (Å²) in [6, 6.07) is 7.12. The van der Waals surface area contributed by atoms with Crippen molar-refractivity contribution in [1.82, 2.24) is 5.32 Å². The van der Waals surface area contributed by atoms with E-state index in [9.17, 15) is 0 Å². The van der Waals surface area contributed by atoms with E-state index >= 15 is 0 Å². The van der Waals surface area contributed by atoms with Crippen LogP contribution in [0.5, 0.6) is 5.75 Å². The molecule has 1 aliphatic rings. The SMILES string of the molecule is CC(C)(C)CCOc1ccc(CNC2CC2)cc1Br. The van der Waals surface area contributed by atoms with Crippen LogP contribution in [0.4, 0.5) is 0 Å². The van der Waals surface area contributed by atoms with Crippen LogP contribution in [0.2, 0.25) is 0 Å². The molecule has 1 aromatic carbocycles. The molecule has 0 radical (unpaired) electrons. The first kappa shape index (κ1) is 14.9. The lowest BCUT2D eigenvalue weighted by atomic mass is 9.93. The fourth-order valence-electron chi connectivity index (χ4n) is 1.79. The summed E-state index contributed by atoms with van der Waals surface area (Å²) >= 11 is 3.60. The quantitative estimate of drug-likeness (QED) is 0.830. The Balaban J connectivity index is 1.83. The number of halogens is 1. The van der Waals surface area contributed by atoms with Crippen LogP contribution in [0.25, 0.3) is 0 Å². The predicted octanol–water partition coefficient (Wildman–Crippen LogP) is 4.52. The van der Waals surface area contributed by atoms with Gasteiger partial charge in [0.2, 0.25) is 0 Å². The van der Waals surface area contributed by atoms with Crippen molar-refractivity contribution in [2.24, 2.45) is 5.41 Å². The first-order valence-corrected chi connectivity index (χ1v) is 7.88. The third-order valence-electron chi connectivity index (χ3n) is 3.28. The van der Waals surface area contributed by atoms with E-state index in [0.29, 0.717) is 5.41 Å². The van der Waals surface area contributed by atoms with Gasteiger partial charge in [-0.15, -0.1) is 0 Å². The van der Waals surface area contributed by atoms with Crippen molar-refractivity contribution in [3.63, 3.8) is 0 Å². The molecule has 0 amide bonds. The van der Waals surface area contributed by atoms with Crippen LogP contribution in [0.1, 0.15) is 45.6 Å². The summed E-state index contributed by atoms with van der Waals surface area (Å²) in [5.74, 6) is 0.944. The van der Waals surface area contributed by atoms with Crippen molar-refractivity contribution in [2.75, 3.05) is 6.61 Å². The van der Waals surface area contributed by atoms with Crippen molar-refractivity contribution in [3.05, 3.63) is 28.2 Å². The molecule has 0 bridgehead atoms. The number of hydrogen-bond donors (Lipinski definition) is 1. The van der Waals surface area contributed by atoms with Crippen molar-refractivity contribution in [3.8, 4) is 5.75 Å². The lowest BCUT2D eigenvalue weighted by Gasteiger charge is -2.18. The highest BCUT2D eigenvalue weighted by molar-refractivity contribution is 9.10. The Morgan fingerprint density at radius 2 is 2.05 bits per heavy atom. The third-order valence-corrected chi connectivity index (χ3v) is 3.90. The third kappa shape index (κ3) is 5.53. The largest absolute Gasteiger partial charge is 0.492 e. The summed E-state index contributed by atoms with van der Waals surface area (Å²) in [7, 11) is 0. The molecular weight excluding hydrogens is 302 g/mol. The van der Waals surface area contributed by atoms with Gasteiger partial charge in [-0.05, 0) is 58.3 Å². The normalized spacial score (nSPS) is 15.6. The van der Waals surface area contributed by atoms with E-state index in [4.69, 9.17) is 4.74 Å². The number of ether oxygens (including phenoxy) is 1. The van der Waals surface area contributed by atoms with Crippen molar-refractivity contribution in [2.45, 2.75) is 52.6 Å². The van der Waals surface area contributed by atoms with Gasteiger partial charge in [0, 0.05) is 12.6 Å². The lowest BCUT2D eigenvalue weighted by molar-refractivity contribution is 0.242. The highest BCUT2D eigenvalue weighted by atomic mass is 79.9.